The minimum Gasteiger partial charge on any atom is -0.494 e. The van der Waals surface area contributed by atoms with E-state index in [4.69, 9.17) is 37.1 Å². The summed E-state index contributed by atoms with van der Waals surface area (Å²) in [5, 5.41) is 10.6. The molecule has 9 heteroatoms. The largest absolute Gasteiger partial charge is 0.494 e. The van der Waals surface area contributed by atoms with Crippen molar-refractivity contribution in [2.45, 2.75) is 0 Å². The highest BCUT2D eigenvalue weighted by Gasteiger charge is 2.24. The van der Waals surface area contributed by atoms with Gasteiger partial charge in [-0.2, -0.15) is 0 Å². The van der Waals surface area contributed by atoms with Crippen molar-refractivity contribution in [1.29, 1.82) is 0 Å². The Bertz CT molecular complexity index is 917. The van der Waals surface area contributed by atoms with E-state index in [2.05, 4.69) is 15.5 Å². The van der Waals surface area contributed by atoms with E-state index < -0.39 is 5.91 Å². The van der Waals surface area contributed by atoms with Crippen LogP contribution in [0.3, 0.4) is 0 Å². The molecule has 0 fully saturated rings. The molecule has 134 valence electrons. The Morgan fingerprint density at radius 3 is 2.38 bits per heavy atom. The van der Waals surface area contributed by atoms with Crippen LogP contribution in [0.2, 0.25) is 10.0 Å². The number of aromatic nitrogens is 2. The Kier molecular flexibility index (Phi) is 5.29. The first-order chi connectivity index (χ1) is 12.5. The summed E-state index contributed by atoms with van der Waals surface area (Å²) in [6.45, 7) is 0. The predicted molar refractivity (Wildman–Crippen MR) is 97.3 cm³/mol. The number of amides is 1. The van der Waals surface area contributed by atoms with E-state index in [9.17, 15) is 4.79 Å². The van der Waals surface area contributed by atoms with Crippen LogP contribution in [0, 0.1) is 0 Å². The maximum Gasteiger partial charge on any atom is 0.263 e. The van der Waals surface area contributed by atoms with E-state index >= 15 is 0 Å². The second kappa shape index (κ2) is 7.63. The van der Waals surface area contributed by atoms with Gasteiger partial charge in [0.25, 0.3) is 5.91 Å². The maximum atomic E-state index is 12.8. The van der Waals surface area contributed by atoms with E-state index in [-0.39, 0.29) is 27.1 Å². The van der Waals surface area contributed by atoms with Crippen molar-refractivity contribution in [3.63, 3.8) is 0 Å². The zero-order chi connectivity index (χ0) is 18.7. The third-order valence-corrected chi connectivity index (χ3v) is 4.07. The summed E-state index contributed by atoms with van der Waals surface area (Å²) in [6.07, 6.45) is 1.23. The van der Waals surface area contributed by atoms with Gasteiger partial charge in [-0.3, -0.25) is 4.79 Å². The molecule has 0 aliphatic rings. The normalized spacial score (nSPS) is 10.5. The van der Waals surface area contributed by atoms with Gasteiger partial charge >= 0.3 is 0 Å². The summed E-state index contributed by atoms with van der Waals surface area (Å²) in [6, 6.07) is 8.38. The number of hydrogen-bond acceptors (Lipinski definition) is 6. The summed E-state index contributed by atoms with van der Waals surface area (Å²) in [5.41, 5.74) is 1.25. The lowest BCUT2D eigenvalue weighted by molar-refractivity contribution is 0.102. The van der Waals surface area contributed by atoms with Crippen LogP contribution in [0.4, 0.5) is 5.69 Å². The first-order valence-electron chi connectivity index (χ1n) is 7.33. The molecule has 0 aliphatic carbocycles. The molecule has 0 unspecified atom stereocenters. The van der Waals surface area contributed by atoms with E-state index in [0.29, 0.717) is 17.1 Å². The molecule has 0 spiro atoms. The van der Waals surface area contributed by atoms with Gasteiger partial charge in [0.2, 0.25) is 12.3 Å². The van der Waals surface area contributed by atoms with Gasteiger partial charge in [-0.05, 0) is 24.3 Å². The molecule has 3 aromatic rings. The average Bonchev–Trinajstić information content (AvgIpc) is 3.16. The van der Waals surface area contributed by atoms with Crippen molar-refractivity contribution >= 4 is 34.8 Å². The van der Waals surface area contributed by atoms with Gasteiger partial charge in [0, 0.05) is 11.3 Å². The summed E-state index contributed by atoms with van der Waals surface area (Å²) >= 11 is 12.3. The lowest BCUT2D eigenvalue weighted by Crippen LogP contribution is -2.15. The summed E-state index contributed by atoms with van der Waals surface area (Å²) in [7, 11) is 2.81. The van der Waals surface area contributed by atoms with Crippen LogP contribution >= 0.6 is 23.2 Å². The third-order valence-electron chi connectivity index (χ3n) is 3.50. The lowest BCUT2D eigenvalue weighted by Gasteiger charge is -2.16. The minimum absolute atomic E-state index is 0.0932. The molecular weight excluding hydrogens is 381 g/mol. The van der Waals surface area contributed by atoms with Gasteiger partial charge in [0.15, 0.2) is 11.5 Å². The topological polar surface area (TPSA) is 86.5 Å². The van der Waals surface area contributed by atoms with E-state index in [1.165, 1.54) is 26.7 Å². The first-order valence-corrected chi connectivity index (χ1v) is 8.08. The molecule has 0 saturated heterocycles. The fourth-order valence-corrected chi connectivity index (χ4v) is 3.03. The van der Waals surface area contributed by atoms with Crippen LogP contribution < -0.4 is 14.8 Å². The molecule has 1 amide bonds. The van der Waals surface area contributed by atoms with Gasteiger partial charge in [-0.15, -0.1) is 10.2 Å². The first kappa shape index (κ1) is 18.0. The molecule has 0 radical (unpaired) electrons. The monoisotopic (exact) mass is 393 g/mol. The number of carbonyl (C=O) groups excluding carboxylic acids is 1. The molecule has 3 rings (SSSR count). The summed E-state index contributed by atoms with van der Waals surface area (Å²) < 4.78 is 15.7. The molecule has 0 aliphatic heterocycles. The van der Waals surface area contributed by atoms with Crippen LogP contribution in [0.15, 0.2) is 41.1 Å². The van der Waals surface area contributed by atoms with Crippen molar-refractivity contribution < 1.29 is 18.7 Å². The van der Waals surface area contributed by atoms with Crippen molar-refractivity contribution in [3.05, 3.63) is 52.3 Å². The van der Waals surface area contributed by atoms with E-state index in [1.807, 2.05) is 0 Å². The van der Waals surface area contributed by atoms with Gasteiger partial charge in [0.1, 0.15) is 5.56 Å². The molecule has 0 saturated carbocycles. The number of nitrogens with zero attached hydrogens (tertiary/aromatic N) is 2. The smallest absolute Gasteiger partial charge is 0.263 e. The lowest BCUT2D eigenvalue weighted by atomic mass is 10.1. The Morgan fingerprint density at radius 1 is 1.12 bits per heavy atom. The number of methoxy groups -OCH3 is 2. The van der Waals surface area contributed by atoms with Gasteiger partial charge < -0.3 is 19.2 Å². The van der Waals surface area contributed by atoms with Crippen LogP contribution in [0.5, 0.6) is 11.5 Å². The van der Waals surface area contributed by atoms with Gasteiger partial charge in [0.05, 0.1) is 24.3 Å². The van der Waals surface area contributed by atoms with Crippen molar-refractivity contribution in [2.24, 2.45) is 0 Å². The molecule has 7 nitrogen and oxygen atoms in total. The van der Waals surface area contributed by atoms with Crippen LogP contribution in [0.1, 0.15) is 10.4 Å². The molecule has 26 heavy (non-hydrogen) atoms. The molecule has 1 N–H and O–H groups in total. The molecule has 0 bridgehead atoms. The number of ether oxygens (including phenoxy) is 2. The summed E-state index contributed by atoms with van der Waals surface area (Å²) in [5.74, 6) is 0.171. The SMILES string of the molecule is COc1c(Cl)cc(Cl)c(OC)c1C(=O)Nc1cccc(-c2nnco2)c1. The molecule has 0 atom stereocenters. The maximum absolute atomic E-state index is 12.8. The number of hydrogen-bond donors (Lipinski definition) is 1. The van der Waals surface area contributed by atoms with E-state index in [1.54, 1.807) is 24.3 Å². The van der Waals surface area contributed by atoms with Crippen molar-refractivity contribution in [2.75, 3.05) is 19.5 Å². The molecule has 1 aromatic heterocycles. The Balaban J connectivity index is 1.98. The van der Waals surface area contributed by atoms with Crippen LogP contribution in [-0.2, 0) is 0 Å². The van der Waals surface area contributed by atoms with Gasteiger partial charge in [-0.1, -0.05) is 29.3 Å². The highest BCUT2D eigenvalue weighted by molar-refractivity contribution is 6.37. The van der Waals surface area contributed by atoms with Crippen molar-refractivity contribution in [3.8, 4) is 23.0 Å². The van der Waals surface area contributed by atoms with E-state index in [0.717, 1.165) is 0 Å². The summed E-state index contributed by atoms with van der Waals surface area (Å²) in [4.78, 5) is 12.8. The number of benzene rings is 2. The second-order valence-corrected chi connectivity index (χ2v) is 5.87. The third kappa shape index (κ3) is 3.44. The Hall–Kier alpha value is -2.77. The Labute approximate surface area is 158 Å². The number of anilines is 1. The average molecular weight is 394 g/mol. The zero-order valence-electron chi connectivity index (χ0n) is 13.7. The Morgan fingerprint density at radius 2 is 1.81 bits per heavy atom. The molecule has 2 aromatic carbocycles. The standard InChI is InChI=1S/C17H13Cl2N3O4/c1-24-14-11(18)7-12(19)15(25-2)13(14)16(23)21-10-5-3-4-9(6-10)17-22-20-8-26-17/h3-8H,1-2H3,(H,21,23). The highest BCUT2D eigenvalue weighted by Crippen LogP contribution is 2.41. The predicted octanol–water partition coefficient (Wildman–Crippen LogP) is 4.31. The zero-order valence-corrected chi connectivity index (χ0v) is 15.3. The van der Waals surface area contributed by atoms with Crippen molar-refractivity contribution in [1.82, 2.24) is 10.2 Å². The number of nitrogens with one attached hydrogen (secondary N) is 1. The fraction of sp³-hybridized carbons (Fsp3) is 0.118. The fourth-order valence-electron chi connectivity index (χ4n) is 2.41. The minimum atomic E-state index is -0.495. The highest BCUT2D eigenvalue weighted by atomic mass is 35.5. The molecule has 1 heterocycles. The number of carbonyl (C=O) groups is 1. The molecular formula is C17H13Cl2N3O4. The quantitative estimate of drug-likeness (QED) is 0.694. The van der Waals surface area contributed by atoms with Crippen LogP contribution in [0.25, 0.3) is 11.5 Å². The number of halogens is 2. The second-order valence-electron chi connectivity index (χ2n) is 5.06. The number of rotatable bonds is 5. The van der Waals surface area contributed by atoms with Gasteiger partial charge in [-0.25, -0.2) is 0 Å². The van der Waals surface area contributed by atoms with Crippen LogP contribution in [-0.4, -0.2) is 30.3 Å².